The predicted molar refractivity (Wildman–Crippen MR) is 96.9 cm³/mol. The van der Waals surface area contributed by atoms with E-state index in [1.807, 2.05) is 12.1 Å². The molecule has 0 bridgehead atoms. The predicted octanol–water partition coefficient (Wildman–Crippen LogP) is 3.21. The lowest BCUT2D eigenvalue weighted by atomic mass is 9.90. The Balaban J connectivity index is 1.85. The van der Waals surface area contributed by atoms with E-state index < -0.39 is 0 Å². The quantitative estimate of drug-likeness (QED) is 0.870. The summed E-state index contributed by atoms with van der Waals surface area (Å²) in [5, 5.41) is 10.3. The Morgan fingerprint density at radius 1 is 0.920 bits per heavy atom. The van der Waals surface area contributed by atoms with Crippen LogP contribution in [0.5, 0.6) is 23.0 Å². The van der Waals surface area contributed by atoms with Gasteiger partial charge < -0.3 is 19.3 Å². The van der Waals surface area contributed by atoms with Gasteiger partial charge in [0.15, 0.2) is 23.0 Å². The molecular formula is C20H24NO4+. The fourth-order valence-corrected chi connectivity index (χ4v) is 4.49. The normalized spacial score (nSPS) is 23.4. The molecule has 2 aromatic carbocycles. The van der Waals surface area contributed by atoms with Gasteiger partial charge in [0.2, 0.25) is 0 Å². The van der Waals surface area contributed by atoms with Crippen molar-refractivity contribution >= 4 is 5.69 Å². The van der Waals surface area contributed by atoms with Crippen LogP contribution < -0.4 is 18.7 Å². The fraction of sp³-hybridized carbons (Fsp3) is 0.400. The van der Waals surface area contributed by atoms with E-state index in [9.17, 15) is 5.11 Å². The van der Waals surface area contributed by atoms with E-state index in [2.05, 4.69) is 19.2 Å². The van der Waals surface area contributed by atoms with Gasteiger partial charge in [-0.1, -0.05) is 0 Å². The number of aromatic hydroxyl groups is 1. The van der Waals surface area contributed by atoms with Crippen LogP contribution in [0.4, 0.5) is 5.69 Å². The summed E-state index contributed by atoms with van der Waals surface area (Å²) in [7, 11) is 7.20. The molecule has 132 valence electrons. The molecule has 2 aliphatic heterocycles. The summed E-state index contributed by atoms with van der Waals surface area (Å²) in [4.78, 5) is 0. The third kappa shape index (κ3) is 2.19. The molecule has 0 fully saturated rings. The maximum Gasteiger partial charge on any atom is 0.166 e. The van der Waals surface area contributed by atoms with Crippen molar-refractivity contribution in [2.75, 3.05) is 34.9 Å². The summed E-state index contributed by atoms with van der Waals surface area (Å²) >= 11 is 0. The Kier molecular flexibility index (Phi) is 3.58. The second-order valence-electron chi connectivity index (χ2n) is 7.02. The molecule has 0 aliphatic carbocycles. The molecule has 2 heterocycles. The van der Waals surface area contributed by atoms with E-state index in [-0.39, 0.29) is 11.8 Å². The molecule has 2 aliphatic rings. The molecule has 5 nitrogen and oxygen atoms in total. The van der Waals surface area contributed by atoms with Crippen molar-refractivity contribution in [3.63, 3.8) is 0 Å². The summed E-state index contributed by atoms with van der Waals surface area (Å²) in [6.45, 7) is 1.01. The van der Waals surface area contributed by atoms with Crippen LogP contribution in [0.3, 0.4) is 0 Å². The molecule has 1 N–H and O–H groups in total. The topological polar surface area (TPSA) is 47.9 Å². The first-order chi connectivity index (χ1) is 12.0. The van der Waals surface area contributed by atoms with E-state index in [1.54, 1.807) is 21.3 Å². The standard InChI is InChI=1S/C20H23NO4/c1-21-6-5-12-8-18(23-2)17(22)10-14(12)16(21)7-13-9-19(24-3)20(25-4)11-15(13)21/h8-11,16H,5-7H2,1-4H3/p+1/t16-,21?/m1/s1. The minimum absolute atomic E-state index is 0.209. The highest BCUT2D eigenvalue weighted by atomic mass is 16.5. The van der Waals surface area contributed by atoms with Crippen LogP contribution in [0.1, 0.15) is 22.7 Å². The lowest BCUT2D eigenvalue weighted by Gasteiger charge is -2.41. The Morgan fingerprint density at radius 3 is 2.24 bits per heavy atom. The van der Waals surface area contributed by atoms with Crippen molar-refractivity contribution in [1.29, 1.82) is 0 Å². The maximum atomic E-state index is 10.3. The highest BCUT2D eigenvalue weighted by molar-refractivity contribution is 5.66. The first-order valence-electron chi connectivity index (χ1n) is 8.52. The lowest BCUT2D eigenvalue weighted by Crippen LogP contribution is -2.50. The highest BCUT2D eigenvalue weighted by Crippen LogP contribution is 2.52. The SMILES string of the molecule is COc1cc2c(cc1O)[C@H]1Cc3cc(OC)c(OC)cc3[N+]1(C)CC2. The molecule has 2 atom stereocenters. The smallest absolute Gasteiger partial charge is 0.166 e. The van der Waals surface area contributed by atoms with E-state index in [4.69, 9.17) is 14.2 Å². The molecular weight excluding hydrogens is 318 g/mol. The van der Waals surface area contributed by atoms with Crippen LogP contribution in [0.25, 0.3) is 0 Å². The van der Waals surface area contributed by atoms with E-state index in [0.29, 0.717) is 5.75 Å². The van der Waals surface area contributed by atoms with Gasteiger partial charge in [0.05, 0.1) is 34.9 Å². The summed E-state index contributed by atoms with van der Waals surface area (Å²) in [5.74, 6) is 2.30. The minimum Gasteiger partial charge on any atom is -0.504 e. The summed E-state index contributed by atoms with van der Waals surface area (Å²) in [5.41, 5.74) is 5.04. The average molecular weight is 342 g/mol. The number of quaternary nitrogens is 1. The zero-order valence-electron chi connectivity index (χ0n) is 15.1. The van der Waals surface area contributed by atoms with E-state index in [1.165, 1.54) is 22.4 Å². The van der Waals surface area contributed by atoms with E-state index in [0.717, 1.165) is 35.4 Å². The number of hydrogen-bond acceptors (Lipinski definition) is 4. The Hall–Kier alpha value is -2.40. The molecule has 0 aromatic heterocycles. The molecule has 4 rings (SSSR count). The van der Waals surface area contributed by atoms with Gasteiger partial charge >= 0.3 is 0 Å². The average Bonchev–Trinajstić information content (AvgIpc) is 2.92. The van der Waals surface area contributed by atoms with Gasteiger partial charge in [-0.2, -0.15) is 0 Å². The van der Waals surface area contributed by atoms with E-state index >= 15 is 0 Å². The van der Waals surface area contributed by atoms with Gasteiger partial charge in [0, 0.05) is 30.0 Å². The zero-order valence-corrected chi connectivity index (χ0v) is 15.1. The number of methoxy groups -OCH3 is 3. The number of nitrogens with zero attached hydrogens (tertiary/aromatic N) is 1. The monoisotopic (exact) mass is 342 g/mol. The van der Waals surface area contributed by atoms with Crippen LogP contribution in [0, 0.1) is 0 Å². The number of phenolic OH excluding ortho intramolecular Hbond substituents is 1. The van der Waals surface area contributed by atoms with Crippen molar-refractivity contribution in [2.45, 2.75) is 18.9 Å². The number of hydrogen-bond donors (Lipinski definition) is 1. The van der Waals surface area contributed by atoms with Crippen LogP contribution in [0.15, 0.2) is 24.3 Å². The largest absolute Gasteiger partial charge is 0.504 e. The Bertz CT molecular complexity index is 848. The van der Waals surface area contributed by atoms with Crippen LogP contribution in [-0.2, 0) is 12.8 Å². The number of fused-ring (bicyclic) bond motifs is 5. The first kappa shape index (κ1) is 16.1. The molecule has 5 heteroatoms. The molecule has 0 amide bonds. The van der Waals surface area contributed by atoms with Crippen molar-refractivity contribution in [1.82, 2.24) is 4.48 Å². The van der Waals surface area contributed by atoms with Gasteiger partial charge in [-0.3, -0.25) is 4.48 Å². The third-order valence-corrected chi connectivity index (χ3v) is 5.88. The van der Waals surface area contributed by atoms with Gasteiger partial charge in [0.25, 0.3) is 0 Å². The number of likely N-dealkylation sites (N-methyl/N-ethyl adjacent to an activating group) is 1. The maximum absolute atomic E-state index is 10.3. The molecule has 0 spiro atoms. The molecule has 1 unspecified atom stereocenters. The second kappa shape index (κ2) is 5.56. The Labute approximate surface area is 148 Å². The molecule has 25 heavy (non-hydrogen) atoms. The minimum atomic E-state index is 0.209. The van der Waals surface area contributed by atoms with Crippen molar-refractivity contribution in [3.05, 3.63) is 41.0 Å². The Morgan fingerprint density at radius 2 is 1.56 bits per heavy atom. The highest BCUT2D eigenvalue weighted by Gasteiger charge is 2.48. The number of phenols is 1. The first-order valence-corrected chi connectivity index (χ1v) is 8.52. The third-order valence-electron chi connectivity index (χ3n) is 5.88. The fourth-order valence-electron chi connectivity index (χ4n) is 4.49. The van der Waals surface area contributed by atoms with Crippen molar-refractivity contribution < 1.29 is 19.3 Å². The summed E-state index contributed by atoms with van der Waals surface area (Å²) in [6, 6.07) is 8.36. The number of benzene rings is 2. The number of rotatable bonds is 3. The summed E-state index contributed by atoms with van der Waals surface area (Å²) in [6.07, 6.45) is 1.87. The van der Waals surface area contributed by atoms with Crippen LogP contribution in [0.2, 0.25) is 0 Å². The molecule has 0 radical (unpaired) electrons. The van der Waals surface area contributed by atoms with Gasteiger partial charge in [-0.25, -0.2) is 0 Å². The van der Waals surface area contributed by atoms with Crippen LogP contribution in [-0.4, -0.2) is 40.0 Å². The van der Waals surface area contributed by atoms with Gasteiger partial charge in [0.1, 0.15) is 11.7 Å². The zero-order chi connectivity index (χ0) is 17.8. The van der Waals surface area contributed by atoms with Crippen molar-refractivity contribution in [3.8, 4) is 23.0 Å². The second-order valence-corrected chi connectivity index (χ2v) is 7.02. The molecule has 0 saturated carbocycles. The van der Waals surface area contributed by atoms with Crippen LogP contribution >= 0.6 is 0 Å². The number of ether oxygens (including phenoxy) is 3. The van der Waals surface area contributed by atoms with Gasteiger partial charge in [-0.15, -0.1) is 0 Å². The summed E-state index contributed by atoms with van der Waals surface area (Å²) < 4.78 is 17.1. The van der Waals surface area contributed by atoms with Gasteiger partial charge in [-0.05, 0) is 23.8 Å². The molecule has 0 saturated heterocycles. The lowest BCUT2D eigenvalue weighted by molar-refractivity contribution is 0.251. The molecule has 2 aromatic rings. The van der Waals surface area contributed by atoms with Crippen molar-refractivity contribution in [2.24, 2.45) is 0 Å².